The van der Waals surface area contributed by atoms with Crippen LogP contribution in [0.15, 0.2) is 22.7 Å². The fourth-order valence-corrected chi connectivity index (χ4v) is 1.89. The zero-order chi connectivity index (χ0) is 14.5. The van der Waals surface area contributed by atoms with Gasteiger partial charge in [-0.3, -0.25) is 4.79 Å². The van der Waals surface area contributed by atoms with E-state index >= 15 is 0 Å². The van der Waals surface area contributed by atoms with Crippen LogP contribution in [0.2, 0.25) is 0 Å². The Morgan fingerprint density at radius 1 is 1.37 bits per heavy atom. The van der Waals surface area contributed by atoms with Crippen molar-refractivity contribution in [3.05, 3.63) is 28.2 Å². The number of hydrogen-bond donors (Lipinski definition) is 2. The molecule has 1 aromatic carbocycles. The Morgan fingerprint density at radius 2 is 2.05 bits per heavy atom. The van der Waals surface area contributed by atoms with Crippen LogP contribution >= 0.6 is 15.9 Å². The van der Waals surface area contributed by atoms with Crippen LogP contribution < -0.4 is 15.4 Å². The number of carbonyl (C=O) groups excluding carboxylic acids is 1. The molecule has 0 saturated carbocycles. The molecule has 0 heterocycles. The van der Waals surface area contributed by atoms with Gasteiger partial charge >= 0.3 is 0 Å². The van der Waals surface area contributed by atoms with Crippen molar-refractivity contribution < 1.29 is 9.53 Å². The van der Waals surface area contributed by atoms with Crippen molar-refractivity contribution >= 4 is 21.8 Å². The molecular formula is C14H21BrN2O2. The van der Waals surface area contributed by atoms with E-state index in [1.54, 1.807) is 7.05 Å². The average Bonchev–Trinajstić information content (AvgIpc) is 2.34. The SMILES string of the molecule is CNC(=O)COc1ccc(CNC(C)(C)C)cc1Br. The Labute approximate surface area is 123 Å². The van der Waals surface area contributed by atoms with Gasteiger partial charge < -0.3 is 15.4 Å². The van der Waals surface area contributed by atoms with Crippen LogP contribution in [0.4, 0.5) is 0 Å². The molecule has 106 valence electrons. The summed E-state index contributed by atoms with van der Waals surface area (Å²) in [6.07, 6.45) is 0. The molecule has 0 spiro atoms. The van der Waals surface area contributed by atoms with Crippen LogP contribution in [0, 0.1) is 0 Å². The monoisotopic (exact) mass is 328 g/mol. The molecule has 2 N–H and O–H groups in total. The highest BCUT2D eigenvalue weighted by Gasteiger charge is 2.10. The number of nitrogens with one attached hydrogen (secondary N) is 2. The molecule has 0 radical (unpaired) electrons. The zero-order valence-corrected chi connectivity index (χ0v) is 13.4. The third-order valence-electron chi connectivity index (χ3n) is 2.46. The Hall–Kier alpha value is -1.07. The summed E-state index contributed by atoms with van der Waals surface area (Å²) in [6.45, 7) is 7.20. The molecule has 0 unspecified atom stereocenters. The normalized spacial score (nSPS) is 11.2. The van der Waals surface area contributed by atoms with E-state index in [1.165, 1.54) is 0 Å². The second kappa shape index (κ2) is 6.91. The first-order valence-corrected chi connectivity index (χ1v) is 6.98. The average molecular weight is 329 g/mol. The minimum Gasteiger partial charge on any atom is -0.483 e. The summed E-state index contributed by atoms with van der Waals surface area (Å²) in [5, 5.41) is 5.93. The van der Waals surface area contributed by atoms with Crippen molar-refractivity contribution in [3.8, 4) is 5.75 Å². The fraction of sp³-hybridized carbons (Fsp3) is 0.500. The van der Waals surface area contributed by atoms with Crippen molar-refractivity contribution in [2.45, 2.75) is 32.9 Å². The molecule has 0 saturated heterocycles. The Bertz CT molecular complexity index is 442. The molecule has 0 bridgehead atoms. The zero-order valence-electron chi connectivity index (χ0n) is 11.8. The van der Waals surface area contributed by atoms with Gasteiger partial charge in [-0.25, -0.2) is 0 Å². The first-order chi connectivity index (χ1) is 8.81. The third kappa shape index (κ3) is 6.07. The van der Waals surface area contributed by atoms with Gasteiger partial charge in [0.1, 0.15) is 5.75 Å². The topological polar surface area (TPSA) is 50.4 Å². The largest absolute Gasteiger partial charge is 0.483 e. The lowest BCUT2D eigenvalue weighted by Crippen LogP contribution is -2.35. The van der Waals surface area contributed by atoms with E-state index in [4.69, 9.17) is 4.74 Å². The van der Waals surface area contributed by atoms with Gasteiger partial charge in [-0.15, -0.1) is 0 Å². The van der Waals surface area contributed by atoms with Gasteiger partial charge in [-0.05, 0) is 54.4 Å². The van der Waals surface area contributed by atoms with Crippen molar-refractivity contribution in [1.29, 1.82) is 0 Å². The molecule has 0 atom stereocenters. The number of ether oxygens (including phenoxy) is 1. The predicted octanol–water partition coefficient (Wildman–Crippen LogP) is 2.46. The molecule has 5 heteroatoms. The van der Waals surface area contributed by atoms with E-state index in [1.807, 2.05) is 18.2 Å². The summed E-state index contributed by atoms with van der Waals surface area (Å²) in [5.41, 5.74) is 1.25. The summed E-state index contributed by atoms with van der Waals surface area (Å²) in [4.78, 5) is 11.1. The molecule has 1 amide bonds. The maximum Gasteiger partial charge on any atom is 0.257 e. The van der Waals surface area contributed by atoms with E-state index in [0.717, 1.165) is 16.6 Å². The molecule has 0 aliphatic rings. The third-order valence-corrected chi connectivity index (χ3v) is 3.08. The number of benzene rings is 1. The molecule has 0 aliphatic carbocycles. The van der Waals surface area contributed by atoms with Crippen molar-refractivity contribution in [3.63, 3.8) is 0 Å². The maximum atomic E-state index is 11.1. The minimum atomic E-state index is -0.148. The molecule has 1 rings (SSSR count). The first kappa shape index (κ1) is 16.0. The van der Waals surface area contributed by atoms with Gasteiger partial charge in [0.25, 0.3) is 5.91 Å². The lowest BCUT2D eigenvalue weighted by atomic mass is 10.1. The number of rotatable bonds is 5. The molecule has 4 nitrogen and oxygen atoms in total. The molecule has 0 aliphatic heterocycles. The number of halogens is 1. The van der Waals surface area contributed by atoms with Crippen LogP contribution in [0.3, 0.4) is 0 Å². The number of likely N-dealkylation sites (N-methyl/N-ethyl adjacent to an activating group) is 1. The summed E-state index contributed by atoms with van der Waals surface area (Å²) in [6, 6.07) is 5.85. The van der Waals surface area contributed by atoms with Crippen molar-refractivity contribution in [2.24, 2.45) is 0 Å². The van der Waals surface area contributed by atoms with E-state index in [0.29, 0.717) is 5.75 Å². The first-order valence-electron chi connectivity index (χ1n) is 6.18. The lowest BCUT2D eigenvalue weighted by molar-refractivity contribution is -0.122. The van der Waals surface area contributed by atoms with Gasteiger partial charge in [0.05, 0.1) is 4.47 Å². The van der Waals surface area contributed by atoms with Crippen LogP contribution in [-0.2, 0) is 11.3 Å². The Kier molecular flexibility index (Phi) is 5.82. The van der Waals surface area contributed by atoms with Gasteiger partial charge in [-0.2, -0.15) is 0 Å². The lowest BCUT2D eigenvalue weighted by Gasteiger charge is -2.20. The Balaban J connectivity index is 2.61. The van der Waals surface area contributed by atoms with Crippen LogP contribution in [-0.4, -0.2) is 25.1 Å². The summed E-state index contributed by atoms with van der Waals surface area (Å²) in [7, 11) is 1.59. The highest BCUT2D eigenvalue weighted by Crippen LogP contribution is 2.26. The second-order valence-corrected chi connectivity index (χ2v) is 6.18. The summed E-state index contributed by atoms with van der Waals surface area (Å²) >= 11 is 3.46. The highest BCUT2D eigenvalue weighted by molar-refractivity contribution is 9.10. The van der Waals surface area contributed by atoms with Crippen LogP contribution in [0.1, 0.15) is 26.3 Å². The summed E-state index contributed by atoms with van der Waals surface area (Å²) in [5.74, 6) is 0.522. The van der Waals surface area contributed by atoms with Gasteiger partial charge in [-0.1, -0.05) is 6.07 Å². The Morgan fingerprint density at radius 3 is 2.58 bits per heavy atom. The molecule has 19 heavy (non-hydrogen) atoms. The summed E-state index contributed by atoms with van der Waals surface area (Å²) < 4.78 is 6.26. The quantitative estimate of drug-likeness (QED) is 0.872. The fourth-order valence-electron chi connectivity index (χ4n) is 1.35. The molecular weight excluding hydrogens is 308 g/mol. The second-order valence-electron chi connectivity index (χ2n) is 5.33. The van der Waals surface area contributed by atoms with Gasteiger partial charge in [0, 0.05) is 19.1 Å². The van der Waals surface area contributed by atoms with Gasteiger partial charge in [0.2, 0.25) is 0 Å². The number of hydrogen-bond acceptors (Lipinski definition) is 3. The smallest absolute Gasteiger partial charge is 0.257 e. The standard InChI is InChI=1S/C14H21BrN2O2/c1-14(2,3)17-8-10-5-6-12(11(15)7-10)19-9-13(18)16-4/h5-7,17H,8-9H2,1-4H3,(H,16,18). The van der Waals surface area contributed by atoms with Crippen LogP contribution in [0.25, 0.3) is 0 Å². The van der Waals surface area contributed by atoms with Crippen molar-refractivity contribution in [2.75, 3.05) is 13.7 Å². The molecule has 1 aromatic rings. The minimum absolute atomic E-state index is 0.0225. The number of carbonyl (C=O) groups is 1. The van der Waals surface area contributed by atoms with E-state index in [2.05, 4.69) is 47.3 Å². The molecule has 0 fully saturated rings. The maximum absolute atomic E-state index is 11.1. The van der Waals surface area contributed by atoms with E-state index in [9.17, 15) is 4.79 Å². The van der Waals surface area contributed by atoms with Crippen molar-refractivity contribution in [1.82, 2.24) is 10.6 Å². The molecule has 0 aromatic heterocycles. The van der Waals surface area contributed by atoms with E-state index < -0.39 is 0 Å². The van der Waals surface area contributed by atoms with E-state index in [-0.39, 0.29) is 18.1 Å². The predicted molar refractivity (Wildman–Crippen MR) is 80.3 cm³/mol. The van der Waals surface area contributed by atoms with Crippen LogP contribution in [0.5, 0.6) is 5.75 Å². The highest BCUT2D eigenvalue weighted by atomic mass is 79.9. The van der Waals surface area contributed by atoms with Gasteiger partial charge in [0.15, 0.2) is 6.61 Å². The number of amides is 1.